The van der Waals surface area contributed by atoms with Crippen molar-refractivity contribution in [3.05, 3.63) is 71.8 Å². The van der Waals surface area contributed by atoms with Gasteiger partial charge in [0.2, 0.25) is 15.9 Å². The summed E-state index contributed by atoms with van der Waals surface area (Å²) in [5.74, 6) is -0.492. The third kappa shape index (κ3) is 4.25. The lowest BCUT2D eigenvalue weighted by molar-refractivity contribution is -0.120. The van der Waals surface area contributed by atoms with E-state index in [2.05, 4.69) is 5.32 Å². The summed E-state index contributed by atoms with van der Waals surface area (Å²) in [6, 6.07) is 18.8. The van der Waals surface area contributed by atoms with Crippen LogP contribution in [0.3, 0.4) is 0 Å². The molecule has 0 saturated carbocycles. The van der Waals surface area contributed by atoms with Gasteiger partial charge in [0.25, 0.3) is 0 Å². The van der Waals surface area contributed by atoms with Crippen LogP contribution >= 0.6 is 0 Å². The van der Waals surface area contributed by atoms with Crippen LogP contribution in [0.4, 0.5) is 5.69 Å². The summed E-state index contributed by atoms with van der Waals surface area (Å²) in [4.78, 5) is 13.1. The monoisotopic (exact) mass is 422 g/mol. The van der Waals surface area contributed by atoms with Crippen LogP contribution in [-0.4, -0.2) is 31.7 Å². The molecule has 0 aliphatic carbocycles. The third-order valence-electron chi connectivity index (χ3n) is 5.60. The van der Waals surface area contributed by atoms with Gasteiger partial charge in [-0.2, -0.15) is 4.31 Å². The normalized spacial score (nSPS) is 17.7. The summed E-state index contributed by atoms with van der Waals surface area (Å²) < 4.78 is 27.9. The van der Waals surface area contributed by atoms with E-state index in [-0.39, 0.29) is 23.3 Å². The zero-order chi connectivity index (χ0) is 21.3. The van der Waals surface area contributed by atoms with Crippen LogP contribution < -0.4 is 5.32 Å². The number of aryl methyl sites for hydroxylation is 2. The number of nitrogens with one attached hydrogen (secondary N) is 1. The Morgan fingerprint density at radius 2 is 1.67 bits per heavy atom. The Morgan fingerprint density at radius 1 is 0.967 bits per heavy atom. The molecular formula is C24H26N2O3S. The highest BCUT2D eigenvalue weighted by Gasteiger charge is 2.33. The first-order chi connectivity index (χ1) is 14.3. The lowest BCUT2D eigenvalue weighted by Crippen LogP contribution is -2.43. The average Bonchev–Trinajstić information content (AvgIpc) is 2.72. The van der Waals surface area contributed by atoms with Gasteiger partial charge in [-0.1, -0.05) is 36.4 Å². The molecule has 1 amide bonds. The van der Waals surface area contributed by atoms with Gasteiger partial charge >= 0.3 is 0 Å². The van der Waals surface area contributed by atoms with E-state index in [1.165, 1.54) is 4.31 Å². The zero-order valence-corrected chi connectivity index (χ0v) is 18.1. The van der Waals surface area contributed by atoms with Crippen molar-refractivity contribution in [3.8, 4) is 0 Å². The van der Waals surface area contributed by atoms with Crippen LogP contribution in [0.15, 0.2) is 65.6 Å². The molecule has 5 nitrogen and oxygen atoms in total. The maximum Gasteiger partial charge on any atom is 0.243 e. The molecule has 1 fully saturated rings. The van der Waals surface area contributed by atoms with E-state index < -0.39 is 10.0 Å². The molecule has 0 unspecified atom stereocenters. The molecule has 3 aromatic rings. The Hall–Kier alpha value is -2.70. The molecular weight excluding hydrogens is 396 g/mol. The molecule has 1 heterocycles. The fourth-order valence-corrected chi connectivity index (χ4v) is 5.70. The highest BCUT2D eigenvalue weighted by molar-refractivity contribution is 7.89. The molecule has 6 heteroatoms. The summed E-state index contributed by atoms with van der Waals surface area (Å²) in [6.45, 7) is 4.61. The number of piperidine rings is 1. The molecule has 4 rings (SSSR count). The molecule has 1 N–H and O–H groups in total. The van der Waals surface area contributed by atoms with E-state index in [0.717, 1.165) is 27.6 Å². The first kappa shape index (κ1) is 20.6. The number of hydrogen-bond donors (Lipinski definition) is 1. The molecule has 3 aromatic carbocycles. The molecule has 1 saturated heterocycles. The van der Waals surface area contributed by atoms with E-state index >= 15 is 0 Å². The maximum atomic E-state index is 13.2. The van der Waals surface area contributed by atoms with Crippen LogP contribution in [0.2, 0.25) is 0 Å². The topological polar surface area (TPSA) is 66.5 Å². The number of hydrogen-bond acceptors (Lipinski definition) is 3. The van der Waals surface area contributed by atoms with Gasteiger partial charge in [0, 0.05) is 18.8 Å². The summed E-state index contributed by atoms with van der Waals surface area (Å²) >= 11 is 0. The lowest BCUT2D eigenvalue weighted by atomic mass is 9.98. The standard InChI is InChI=1S/C24H26N2O3S/c1-17-12-18(2)14-22(13-17)25-24(27)21-8-5-11-26(16-21)30(28,29)23-10-9-19-6-3-4-7-20(19)15-23/h3-4,6-7,9-10,12-15,21H,5,8,11,16H2,1-2H3,(H,25,27)/t21-/m0/s1. The third-order valence-corrected chi connectivity index (χ3v) is 7.46. The van der Waals surface area contributed by atoms with E-state index in [4.69, 9.17) is 0 Å². The largest absolute Gasteiger partial charge is 0.326 e. The molecule has 1 aliphatic heterocycles. The van der Waals surface area contributed by atoms with Gasteiger partial charge in [0.1, 0.15) is 0 Å². The molecule has 1 aliphatic rings. The van der Waals surface area contributed by atoms with Crippen molar-refractivity contribution in [2.45, 2.75) is 31.6 Å². The first-order valence-electron chi connectivity index (χ1n) is 10.2. The van der Waals surface area contributed by atoms with Gasteiger partial charge < -0.3 is 5.32 Å². The first-order valence-corrected chi connectivity index (χ1v) is 11.6. The van der Waals surface area contributed by atoms with Crippen molar-refractivity contribution in [2.75, 3.05) is 18.4 Å². The van der Waals surface area contributed by atoms with Gasteiger partial charge in [0.15, 0.2) is 0 Å². The number of benzene rings is 3. The molecule has 0 aromatic heterocycles. The average molecular weight is 423 g/mol. The Balaban J connectivity index is 1.52. The number of sulfonamides is 1. The minimum Gasteiger partial charge on any atom is -0.326 e. The minimum absolute atomic E-state index is 0.126. The minimum atomic E-state index is -3.65. The highest BCUT2D eigenvalue weighted by Crippen LogP contribution is 2.27. The number of fused-ring (bicyclic) bond motifs is 1. The second-order valence-corrected chi connectivity index (χ2v) is 10.0. The number of anilines is 1. The second kappa shape index (κ2) is 8.20. The second-order valence-electron chi connectivity index (χ2n) is 8.08. The predicted octanol–water partition coefficient (Wildman–Crippen LogP) is 4.50. The smallest absolute Gasteiger partial charge is 0.243 e. The van der Waals surface area contributed by atoms with Crippen molar-refractivity contribution in [3.63, 3.8) is 0 Å². The Kier molecular flexibility index (Phi) is 5.62. The molecule has 156 valence electrons. The van der Waals surface area contributed by atoms with E-state index in [1.54, 1.807) is 12.1 Å². The van der Waals surface area contributed by atoms with Crippen LogP contribution in [0.1, 0.15) is 24.0 Å². The Bertz CT molecular complexity index is 1180. The summed E-state index contributed by atoms with van der Waals surface area (Å²) in [6.07, 6.45) is 1.35. The number of carbonyl (C=O) groups excluding carboxylic acids is 1. The Labute approximate surface area is 177 Å². The van der Waals surface area contributed by atoms with Crippen molar-refractivity contribution >= 4 is 32.4 Å². The molecule has 0 bridgehead atoms. The summed E-state index contributed by atoms with van der Waals surface area (Å²) in [7, 11) is -3.65. The number of carbonyl (C=O) groups is 1. The van der Waals surface area contributed by atoms with Crippen molar-refractivity contribution < 1.29 is 13.2 Å². The van der Waals surface area contributed by atoms with Crippen LogP contribution in [0.5, 0.6) is 0 Å². The fourth-order valence-electron chi connectivity index (χ4n) is 4.14. The van der Waals surface area contributed by atoms with Gasteiger partial charge in [-0.25, -0.2) is 8.42 Å². The summed E-state index contributed by atoms with van der Waals surface area (Å²) in [5.41, 5.74) is 2.91. The molecule has 0 spiro atoms. The SMILES string of the molecule is Cc1cc(C)cc(NC(=O)[C@H]2CCCN(S(=O)(=O)c3ccc4ccccc4c3)C2)c1. The van der Waals surface area contributed by atoms with E-state index in [9.17, 15) is 13.2 Å². The van der Waals surface area contributed by atoms with Crippen LogP contribution in [0, 0.1) is 19.8 Å². The van der Waals surface area contributed by atoms with Crippen molar-refractivity contribution in [1.82, 2.24) is 4.31 Å². The number of nitrogens with zero attached hydrogens (tertiary/aromatic N) is 1. The van der Waals surface area contributed by atoms with Gasteiger partial charge in [-0.3, -0.25) is 4.79 Å². The number of rotatable bonds is 4. The molecule has 1 atom stereocenters. The van der Waals surface area contributed by atoms with Crippen molar-refractivity contribution in [1.29, 1.82) is 0 Å². The highest BCUT2D eigenvalue weighted by atomic mass is 32.2. The van der Waals surface area contributed by atoms with E-state index in [0.29, 0.717) is 19.4 Å². The lowest BCUT2D eigenvalue weighted by Gasteiger charge is -2.31. The predicted molar refractivity (Wildman–Crippen MR) is 120 cm³/mol. The van der Waals surface area contributed by atoms with Gasteiger partial charge in [0.05, 0.1) is 10.8 Å². The van der Waals surface area contributed by atoms with Crippen LogP contribution in [0.25, 0.3) is 10.8 Å². The van der Waals surface area contributed by atoms with E-state index in [1.807, 2.05) is 62.4 Å². The van der Waals surface area contributed by atoms with Gasteiger partial charge in [-0.05, 0) is 72.9 Å². The quantitative estimate of drug-likeness (QED) is 0.673. The molecule has 0 radical (unpaired) electrons. The summed E-state index contributed by atoms with van der Waals surface area (Å²) in [5, 5.41) is 4.86. The fraction of sp³-hybridized carbons (Fsp3) is 0.292. The molecule has 30 heavy (non-hydrogen) atoms. The maximum absolute atomic E-state index is 13.2. The van der Waals surface area contributed by atoms with Crippen LogP contribution in [-0.2, 0) is 14.8 Å². The Morgan fingerprint density at radius 3 is 2.40 bits per heavy atom. The number of amides is 1. The van der Waals surface area contributed by atoms with Crippen molar-refractivity contribution in [2.24, 2.45) is 5.92 Å². The zero-order valence-electron chi connectivity index (χ0n) is 17.3. The van der Waals surface area contributed by atoms with Gasteiger partial charge in [-0.15, -0.1) is 0 Å².